The van der Waals surface area contributed by atoms with Crippen LogP contribution in [-0.4, -0.2) is 30.2 Å². The maximum atomic E-state index is 11.8. The van der Waals surface area contributed by atoms with Gasteiger partial charge in [0.05, 0.1) is 12.9 Å². The van der Waals surface area contributed by atoms with Crippen molar-refractivity contribution in [3.63, 3.8) is 0 Å². The van der Waals surface area contributed by atoms with Gasteiger partial charge in [0.2, 0.25) is 0 Å². The van der Waals surface area contributed by atoms with Gasteiger partial charge >= 0.3 is 0 Å². The number of nitrogens with zero attached hydrogens (tertiary/aromatic N) is 5. The minimum atomic E-state index is -0.422. The summed E-state index contributed by atoms with van der Waals surface area (Å²) >= 11 is 0. The first-order chi connectivity index (χ1) is 8.24. The van der Waals surface area contributed by atoms with Crippen molar-refractivity contribution in [2.24, 2.45) is 0 Å². The number of carbonyl (C=O) groups is 1. The van der Waals surface area contributed by atoms with Crippen LogP contribution in [0.1, 0.15) is 16.7 Å². The molecule has 86 valence electrons. The summed E-state index contributed by atoms with van der Waals surface area (Å²) in [7, 11) is 0. The van der Waals surface area contributed by atoms with Crippen LogP contribution >= 0.6 is 0 Å². The number of hydrogen-bond acceptors (Lipinski definition) is 5. The molecule has 0 bridgehead atoms. The lowest BCUT2D eigenvalue weighted by Gasteiger charge is -2.27. The first kappa shape index (κ1) is 9.70. The number of rotatable bonds is 1. The Labute approximate surface area is 94.9 Å². The van der Waals surface area contributed by atoms with E-state index in [9.17, 15) is 9.59 Å². The average molecular weight is 232 g/mol. The Morgan fingerprint density at radius 3 is 2.76 bits per heavy atom. The summed E-state index contributed by atoms with van der Waals surface area (Å²) in [6.07, 6.45) is 4.14. The summed E-state index contributed by atoms with van der Waals surface area (Å²) in [5, 5.41) is 10.1. The molecule has 1 aliphatic heterocycles. The molecule has 3 rings (SSSR count). The predicted molar refractivity (Wildman–Crippen MR) is 55.0 cm³/mol. The van der Waals surface area contributed by atoms with Gasteiger partial charge in [0.25, 0.3) is 11.5 Å². The van der Waals surface area contributed by atoms with E-state index in [1.165, 1.54) is 25.0 Å². The summed E-state index contributed by atoms with van der Waals surface area (Å²) in [5.74, 6) is -0.311. The molecule has 0 aliphatic carbocycles. The molecule has 1 aliphatic rings. The highest BCUT2D eigenvalue weighted by molar-refractivity contribution is 5.93. The Bertz CT molecular complexity index is 617. The fraction of sp³-hybridized carbons (Fsp3) is 0.222. The molecule has 2 aromatic rings. The highest BCUT2D eigenvalue weighted by Gasteiger charge is 2.24. The van der Waals surface area contributed by atoms with Crippen molar-refractivity contribution >= 4 is 5.91 Å². The summed E-state index contributed by atoms with van der Waals surface area (Å²) < 4.78 is 3.31. The lowest BCUT2D eigenvalue weighted by Crippen LogP contribution is -2.42. The van der Waals surface area contributed by atoms with Gasteiger partial charge in [-0.15, -0.1) is 10.2 Å². The molecule has 0 aromatic carbocycles. The van der Waals surface area contributed by atoms with Crippen molar-refractivity contribution < 1.29 is 4.79 Å². The molecule has 1 N–H and O–H groups in total. The van der Waals surface area contributed by atoms with Crippen molar-refractivity contribution in [3.05, 3.63) is 41.1 Å². The molecule has 1 amide bonds. The number of carbonyl (C=O) groups excluding carboxylic acids is 1. The summed E-state index contributed by atoms with van der Waals surface area (Å²) in [6.45, 7) is 0.479. The van der Waals surface area contributed by atoms with E-state index in [1.54, 1.807) is 9.13 Å². The molecule has 1 unspecified atom stereocenters. The van der Waals surface area contributed by atoms with Crippen LogP contribution < -0.4 is 10.9 Å². The number of amides is 1. The summed E-state index contributed by atoms with van der Waals surface area (Å²) in [4.78, 5) is 26.5. The largest absolute Gasteiger partial charge is 0.328 e. The molecular weight excluding hydrogens is 224 g/mol. The third-order valence-electron chi connectivity index (χ3n) is 2.59. The zero-order valence-electron chi connectivity index (χ0n) is 8.65. The van der Waals surface area contributed by atoms with E-state index >= 15 is 0 Å². The third kappa shape index (κ3) is 1.59. The Balaban J connectivity index is 2.01. The Morgan fingerprint density at radius 1 is 1.24 bits per heavy atom. The van der Waals surface area contributed by atoms with E-state index in [0.717, 1.165) is 0 Å². The second-order valence-electron chi connectivity index (χ2n) is 3.66. The zero-order valence-corrected chi connectivity index (χ0v) is 8.65. The Kier molecular flexibility index (Phi) is 2.00. The van der Waals surface area contributed by atoms with Gasteiger partial charge in [-0.1, -0.05) is 0 Å². The SMILES string of the molecule is O=C1NC(n2cnnc2)Cn2cnc(=O)cc21. The molecule has 0 radical (unpaired) electrons. The first-order valence-corrected chi connectivity index (χ1v) is 4.95. The monoisotopic (exact) mass is 232 g/mol. The van der Waals surface area contributed by atoms with Crippen LogP contribution in [0.4, 0.5) is 0 Å². The Morgan fingerprint density at radius 2 is 2.00 bits per heavy atom. The smallest absolute Gasteiger partial charge is 0.273 e. The van der Waals surface area contributed by atoms with E-state index in [4.69, 9.17) is 0 Å². The maximum Gasteiger partial charge on any atom is 0.273 e. The van der Waals surface area contributed by atoms with Crippen LogP contribution in [0.15, 0.2) is 29.8 Å². The molecule has 8 heteroatoms. The van der Waals surface area contributed by atoms with Gasteiger partial charge in [0, 0.05) is 6.07 Å². The first-order valence-electron chi connectivity index (χ1n) is 4.95. The molecule has 3 heterocycles. The quantitative estimate of drug-likeness (QED) is 0.664. The summed E-state index contributed by atoms with van der Waals surface area (Å²) in [6, 6.07) is 1.22. The number of aromatic nitrogens is 5. The van der Waals surface area contributed by atoms with Crippen LogP contribution in [0.25, 0.3) is 0 Å². The molecular formula is C9H8N6O2. The minimum absolute atomic E-state index is 0.269. The minimum Gasteiger partial charge on any atom is -0.328 e. The predicted octanol–water partition coefficient (Wildman–Crippen LogP) is -1.22. The highest BCUT2D eigenvalue weighted by atomic mass is 16.2. The van der Waals surface area contributed by atoms with E-state index in [-0.39, 0.29) is 12.1 Å². The van der Waals surface area contributed by atoms with Gasteiger partial charge in [-0.3, -0.25) is 14.2 Å². The number of fused-ring (bicyclic) bond motifs is 1. The lowest BCUT2D eigenvalue weighted by atomic mass is 10.2. The second-order valence-corrected chi connectivity index (χ2v) is 3.66. The second kappa shape index (κ2) is 3.51. The molecule has 8 nitrogen and oxygen atoms in total. The van der Waals surface area contributed by atoms with Crippen LogP contribution in [0.3, 0.4) is 0 Å². The van der Waals surface area contributed by atoms with Crippen LogP contribution in [0, 0.1) is 0 Å². The third-order valence-corrected chi connectivity index (χ3v) is 2.59. The number of hydrogen-bond donors (Lipinski definition) is 1. The number of nitrogens with one attached hydrogen (secondary N) is 1. The van der Waals surface area contributed by atoms with Gasteiger partial charge in [-0.25, -0.2) is 0 Å². The van der Waals surface area contributed by atoms with E-state index in [1.807, 2.05) is 0 Å². The van der Waals surface area contributed by atoms with Gasteiger partial charge in [-0.2, -0.15) is 4.98 Å². The highest BCUT2D eigenvalue weighted by Crippen LogP contribution is 2.12. The standard InChI is InChI=1S/C9H8N6O2/c16-8-1-6-9(17)13-7(2-14(6)3-10-8)15-4-11-12-5-15/h1,3-5,7H,2H2,(H,13,17). The van der Waals surface area contributed by atoms with Crippen LogP contribution in [-0.2, 0) is 6.54 Å². The van der Waals surface area contributed by atoms with Crippen molar-refractivity contribution in [1.29, 1.82) is 0 Å². The van der Waals surface area contributed by atoms with Crippen molar-refractivity contribution in [1.82, 2.24) is 29.6 Å². The summed E-state index contributed by atoms with van der Waals surface area (Å²) in [5.41, 5.74) is -0.108. The molecule has 0 spiro atoms. The van der Waals surface area contributed by atoms with Crippen LogP contribution in [0.2, 0.25) is 0 Å². The topological polar surface area (TPSA) is 94.7 Å². The molecule has 0 fully saturated rings. The molecule has 2 aromatic heterocycles. The zero-order chi connectivity index (χ0) is 11.8. The molecule has 0 saturated heterocycles. The molecule has 0 saturated carbocycles. The molecule has 17 heavy (non-hydrogen) atoms. The van der Waals surface area contributed by atoms with Gasteiger partial charge in [0.15, 0.2) is 0 Å². The van der Waals surface area contributed by atoms with Crippen LogP contribution in [0.5, 0.6) is 0 Å². The Hall–Kier alpha value is -2.51. The van der Waals surface area contributed by atoms with Gasteiger partial charge < -0.3 is 9.88 Å². The average Bonchev–Trinajstić information content (AvgIpc) is 2.83. The van der Waals surface area contributed by atoms with Gasteiger partial charge in [0.1, 0.15) is 24.5 Å². The van der Waals surface area contributed by atoms with Crippen molar-refractivity contribution in [2.75, 3.05) is 0 Å². The van der Waals surface area contributed by atoms with Gasteiger partial charge in [-0.05, 0) is 0 Å². The normalized spacial score (nSPS) is 18.6. The van der Waals surface area contributed by atoms with Crippen molar-refractivity contribution in [3.8, 4) is 0 Å². The van der Waals surface area contributed by atoms with Crippen molar-refractivity contribution in [2.45, 2.75) is 12.7 Å². The van der Waals surface area contributed by atoms with E-state index in [2.05, 4.69) is 20.5 Å². The maximum absolute atomic E-state index is 11.8. The van der Waals surface area contributed by atoms with E-state index in [0.29, 0.717) is 12.2 Å². The van der Waals surface area contributed by atoms with E-state index < -0.39 is 5.56 Å². The fourth-order valence-corrected chi connectivity index (χ4v) is 1.76. The molecule has 1 atom stereocenters. The lowest BCUT2D eigenvalue weighted by molar-refractivity contribution is 0.0870. The fourth-order valence-electron chi connectivity index (χ4n) is 1.76.